The normalized spacial score (nSPS) is 15.7. The summed E-state index contributed by atoms with van der Waals surface area (Å²) in [5.74, 6) is 0.320. The standard InChI is InChI=1S/C22H24N4O3/c1-29-14-13-25-21(28)19(26-18-10-6-5-9-17(18)24-22(25)26)15-20(27)23-12-11-16-7-3-2-4-8-16/h2-10,19H,11-15H2,1H3,(H,23,27)/t19-/m0/s1. The number of rotatable bonds is 8. The molecule has 0 bridgehead atoms. The van der Waals surface area contributed by atoms with E-state index in [-0.39, 0.29) is 18.2 Å². The van der Waals surface area contributed by atoms with Crippen molar-refractivity contribution in [2.75, 3.05) is 31.7 Å². The molecule has 0 saturated carbocycles. The highest BCUT2D eigenvalue weighted by molar-refractivity contribution is 6.03. The average Bonchev–Trinajstić information content (AvgIpc) is 3.22. The van der Waals surface area contributed by atoms with Gasteiger partial charge in [0, 0.05) is 13.7 Å². The van der Waals surface area contributed by atoms with E-state index in [1.54, 1.807) is 12.0 Å². The number of anilines is 1. The third-order valence-electron chi connectivity index (χ3n) is 5.16. The third kappa shape index (κ3) is 3.86. The van der Waals surface area contributed by atoms with E-state index in [0.717, 1.165) is 17.5 Å². The fourth-order valence-corrected chi connectivity index (χ4v) is 3.73. The molecule has 0 unspecified atom stereocenters. The van der Waals surface area contributed by atoms with Crippen molar-refractivity contribution in [2.45, 2.75) is 18.9 Å². The van der Waals surface area contributed by atoms with E-state index >= 15 is 0 Å². The Morgan fingerprint density at radius 2 is 1.90 bits per heavy atom. The quantitative estimate of drug-likeness (QED) is 0.638. The fourth-order valence-electron chi connectivity index (χ4n) is 3.73. The number of benzene rings is 2. The van der Waals surface area contributed by atoms with E-state index in [2.05, 4.69) is 10.3 Å². The van der Waals surface area contributed by atoms with Crippen LogP contribution in [-0.4, -0.2) is 48.2 Å². The lowest BCUT2D eigenvalue weighted by Gasteiger charge is -2.15. The number of para-hydroxylation sites is 2. The fraction of sp³-hybridized carbons (Fsp3) is 0.318. The van der Waals surface area contributed by atoms with Gasteiger partial charge < -0.3 is 10.1 Å². The first-order valence-electron chi connectivity index (χ1n) is 9.77. The lowest BCUT2D eigenvalue weighted by atomic mass is 10.1. The second kappa shape index (κ2) is 8.45. The van der Waals surface area contributed by atoms with Crippen LogP contribution < -0.4 is 10.2 Å². The van der Waals surface area contributed by atoms with Crippen molar-refractivity contribution >= 4 is 28.8 Å². The largest absolute Gasteiger partial charge is 0.383 e. The van der Waals surface area contributed by atoms with Crippen LogP contribution in [-0.2, 0) is 20.7 Å². The van der Waals surface area contributed by atoms with Gasteiger partial charge in [-0.3, -0.25) is 19.1 Å². The first-order valence-corrected chi connectivity index (χ1v) is 9.77. The van der Waals surface area contributed by atoms with Crippen LogP contribution in [0.25, 0.3) is 11.0 Å². The van der Waals surface area contributed by atoms with Crippen LogP contribution in [0.2, 0.25) is 0 Å². The number of methoxy groups -OCH3 is 1. The van der Waals surface area contributed by atoms with Gasteiger partial charge >= 0.3 is 0 Å². The van der Waals surface area contributed by atoms with Crippen molar-refractivity contribution in [1.82, 2.24) is 14.9 Å². The van der Waals surface area contributed by atoms with Gasteiger partial charge in [0.15, 0.2) is 0 Å². The monoisotopic (exact) mass is 392 g/mol. The van der Waals surface area contributed by atoms with E-state index in [9.17, 15) is 9.59 Å². The summed E-state index contributed by atoms with van der Waals surface area (Å²) in [4.78, 5) is 31.9. The lowest BCUT2D eigenvalue weighted by Crippen LogP contribution is -2.35. The average molecular weight is 392 g/mol. The number of carbonyl (C=O) groups excluding carboxylic acids is 2. The van der Waals surface area contributed by atoms with Gasteiger partial charge in [-0.2, -0.15) is 0 Å². The summed E-state index contributed by atoms with van der Waals surface area (Å²) in [5.41, 5.74) is 2.84. The molecule has 7 nitrogen and oxygen atoms in total. The summed E-state index contributed by atoms with van der Waals surface area (Å²) in [5, 5.41) is 2.94. The number of nitrogens with zero attached hydrogens (tertiary/aromatic N) is 3. The van der Waals surface area contributed by atoms with E-state index in [1.165, 1.54) is 5.56 Å². The second-order valence-electron chi connectivity index (χ2n) is 7.06. The van der Waals surface area contributed by atoms with Gasteiger partial charge in [0.25, 0.3) is 5.91 Å². The topological polar surface area (TPSA) is 76.5 Å². The third-order valence-corrected chi connectivity index (χ3v) is 5.16. The molecular weight excluding hydrogens is 368 g/mol. The van der Waals surface area contributed by atoms with Gasteiger partial charge in [-0.05, 0) is 24.1 Å². The minimum absolute atomic E-state index is 0.0878. The number of carbonyl (C=O) groups is 2. The molecule has 4 rings (SSSR count). The molecule has 150 valence electrons. The maximum Gasteiger partial charge on any atom is 0.253 e. The number of nitrogens with one attached hydrogen (secondary N) is 1. The van der Waals surface area contributed by atoms with E-state index in [4.69, 9.17) is 4.74 Å². The van der Waals surface area contributed by atoms with Crippen LogP contribution in [0.15, 0.2) is 54.6 Å². The Balaban J connectivity index is 1.49. The molecule has 0 radical (unpaired) electrons. The van der Waals surface area contributed by atoms with Gasteiger partial charge in [0.05, 0.1) is 30.6 Å². The highest BCUT2D eigenvalue weighted by Crippen LogP contribution is 2.36. The first-order chi connectivity index (χ1) is 14.2. The maximum atomic E-state index is 13.0. The number of aromatic nitrogens is 2. The molecular formula is C22H24N4O3. The summed E-state index contributed by atoms with van der Waals surface area (Å²) < 4.78 is 7.02. The molecule has 29 heavy (non-hydrogen) atoms. The minimum atomic E-state index is -0.592. The van der Waals surface area contributed by atoms with Crippen molar-refractivity contribution in [3.05, 3.63) is 60.2 Å². The van der Waals surface area contributed by atoms with Crippen molar-refractivity contribution in [3.63, 3.8) is 0 Å². The zero-order valence-corrected chi connectivity index (χ0v) is 16.4. The molecule has 0 aliphatic carbocycles. The number of hydrogen-bond acceptors (Lipinski definition) is 4. The van der Waals surface area contributed by atoms with Crippen LogP contribution in [0, 0.1) is 0 Å². The zero-order valence-electron chi connectivity index (χ0n) is 16.4. The van der Waals surface area contributed by atoms with Crippen molar-refractivity contribution in [3.8, 4) is 0 Å². The molecule has 2 heterocycles. The molecule has 0 saturated heterocycles. The van der Waals surface area contributed by atoms with E-state index < -0.39 is 6.04 Å². The molecule has 0 spiro atoms. The number of hydrogen-bond donors (Lipinski definition) is 1. The van der Waals surface area contributed by atoms with Gasteiger partial charge in [-0.25, -0.2) is 4.98 Å². The van der Waals surface area contributed by atoms with E-state index in [1.807, 2.05) is 59.2 Å². The Bertz CT molecular complexity index is 1020. The molecule has 1 N–H and O–H groups in total. The van der Waals surface area contributed by atoms with Crippen LogP contribution in [0.1, 0.15) is 18.0 Å². The maximum absolute atomic E-state index is 13.0. The van der Waals surface area contributed by atoms with Crippen LogP contribution in [0.3, 0.4) is 0 Å². The Morgan fingerprint density at radius 3 is 2.69 bits per heavy atom. The summed E-state index contributed by atoms with van der Waals surface area (Å²) in [6.45, 7) is 1.35. The van der Waals surface area contributed by atoms with E-state index in [0.29, 0.717) is 25.6 Å². The summed E-state index contributed by atoms with van der Waals surface area (Å²) in [7, 11) is 1.60. The number of fused-ring (bicyclic) bond motifs is 3. The predicted octanol–water partition coefficient (Wildman–Crippen LogP) is 2.32. The van der Waals surface area contributed by atoms with Crippen molar-refractivity contribution < 1.29 is 14.3 Å². The molecule has 0 fully saturated rings. The molecule has 2 aromatic carbocycles. The van der Waals surface area contributed by atoms with Gasteiger partial charge in [-0.1, -0.05) is 42.5 Å². The zero-order chi connectivity index (χ0) is 20.2. The Kier molecular flexibility index (Phi) is 5.57. The SMILES string of the molecule is COCCN1C(=O)[C@H](CC(=O)NCCc2ccccc2)n2c1nc1ccccc12. The summed E-state index contributed by atoms with van der Waals surface area (Å²) >= 11 is 0. The molecule has 7 heteroatoms. The first kappa shape index (κ1) is 19.1. The van der Waals surface area contributed by atoms with Crippen LogP contribution in [0.4, 0.5) is 5.95 Å². The highest BCUT2D eigenvalue weighted by atomic mass is 16.5. The molecule has 1 aliphatic rings. The highest BCUT2D eigenvalue weighted by Gasteiger charge is 2.40. The van der Waals surface area contributed by atoms with Crippen LogP contribution >= 0.6 is 0 Å². The summed E-state index contributed by atoms with van der Waals surface area (Å²) in [6.07, 6.45) is 0.842. The molecule has 1 aliphatic heterocycles. The van der Waals surface area contributed by atoms with Crippen molar-refractivity contribution in [2.24, 2.45) is 0 Å². The molecule has 3 aromatic rings. The van der Waals surface area contributed by atoms with Gasteiger partial charge in [0.2, 0.25) is 11.9 Å². The lowest BCUT2D eigenvalue weighted by molar-refractivity contribution is -0.127. The second-order valence-corrected chi connectivity index (χ2v) is 7.06. The Hall–Kier alpha value is -3.19. The Labute approximate surface area is 169 Å². The van der Waals surface area contributed by atoms with Gasteiger partial charge in [-0.15, -0.1) is 0 Å². The van der Waals surface area contributed by atoms with Gasteiger partial charge in [0.1, 0.15) is 6.04 Å². The molecule has 1 aromatic heterocycles. The smallest absolute Gasteiger partial charge is 0.253 e. The number of imidazole rings is 1. The van der Waals surface area contributed by atoms with Crippen molar-refractivity contribution in [1.29, 1.82) is 0 Å². The number of amides is 2. The molecule has 1 atom stereocenters. The predicted molar refractivity (Wildman–Crippen MR) is 111 cm³/mol. The van der Waals surface area contributed by atoms with Crippen LogP contribution in [0.5, 0.6) is 0 Å². The minimum Gasteiger partial charge on any atom is -0.383 e. The summed E-state index contributed by atoms with van der Waals surface area (Å²) in [6, 6.07) is 17.1. The number of ether oxygens (including phenoxy) is 1. The Morgan fingerprint density at radius 1 is 1.14 bits per heavy atom. The molecule has 2 amide bonds.